The van der Waals surface area contributed by atoms with Crippen LogP contribution in [0.3, 0.4) is 0 Å². The largest absolute Gasteiger partial charge is 0.351 e. The van der Waals surface area contributed by atoms with Crippen molar-refractivity contribution in [3.05, 3.63) is 42.9 Å². The van der Waals surface area contributed by atoms with E-state index in [-0.39, 0.29) is 5.91 Å². The zero-order valence-electron chi connectivity index (χ0n) is 13.8. The molecular formula is C17H22N6O. The van der Waals surface area contributed by atoms with Gasteiger partial charge in [0.05, 0.1) is 18.4 Å². The van der Waals surface area contributed by atoms with Gasteiger partial charge in [-0.2, -0.15) is 5.10 Å². The van der Waals surface area contributed by atoms with Gasteiger partial charge in [-0.25, -0.2) is 0 Å². The van der Waals surface area contributed by atoms with Crippen molar-refractivity contribution in [3.63, 3.8) is 0 Å². The van der Waals surface area contributed by atoms with Crippen LogP contribution in [0, 0.1) is 0 Å². The standard InChI is InChI=1S/C17H22N6O/c1-22(13-17(24)20-14-5-2-8-18-11-14)12-15-6-4-10-23(15)16-7-3-9-19-21-16/h2-3,5,7-9,11,15H,4,6,10,12-13H2,1H3,(H,20,24)/t15-/m1/s1. The van der Waals surface area contributed by atoms with Gasteiger partial charge in [0.2, 0.25) is 5.91 Å². The van der Waals surface area contributed by atoms with E-state index in [1.54, 1.807) is 24.7 Å². The smallest absolute Gasteiger partial charge is 0.238 e. The molecule has 7 heteroatoms. The van der Waals surface area contributed by atoms with E-state index in [1.165, 1.54) is 0 Å². The zero-order valence-corrected chi connectivity index (χ0v) is 13.8. The predicted octanol–water partition coefficient (Wildman–Crippen LogP) is 1.41. The van der Waals surface area contributed by atoms with E-state index in [4.69, 9.17) is 0 Å². The number of pyridine rings is 1. The van der Waals surface area contributed by atoms with Gasteiger partial charge in [0.25, 0.3) is 0 Å². The summed E-state index contributed by atoms with van der Waals surface area (Å²) in [5.41, 5.74) is 0.720. The van der Waals surface area contributed by atoms with Crippen LogP contribution >= 0.6 is 0 Å². The molecule has 1 aliphatic heterocycles. The molecule has 1 aliphatic rings. The van der Waals surface area contributed by atoms with Crippen LogP contribution in [0.5, 0.6) is 0 Å². The van der Waals surface area contributed by atoms with E-state index in [0.717, 1.165) is 37.4 Å². The van der Waals surface area contributed by atoms with Crippen molar-refractivity contribution < 1.29 is 4.79 Å². The van der Waals surface area contributed by atoms with Gasteiger partial charge in [-0.05, 0) is 44.2 Å². The van der Waals surface area contributed by atoms with Crippen molar-refractivity contribution in [2.24, 2.45) is 0 Å². The van der Waals surface area contributed by atoms with Crippen LogP contribution in [0.4, 0.5) is 11.5 Å². The maximum Gasteiger partial charge on any atom is 0.238 e. The summed E-state index contributed by atoms with van der Waals surface area (Å²) >= 11 is 0. The SMILES string of the molecule is CN(CC(=O)Nc1cccnc1)C[C@H]1CCCN1c1cccnn1. The minimum absolute atomic E-state index is 0.0328. The average Bonchev–Trinajstić information content (AvgIpc) is 3.04. The molecule has 3 rings (SSSR count). The van der Waals surface area contributed by atoms with Crippen LogP contribution in [0.25, 0.3) is 0 Å². The topological polar surface area (TPSA) is 74.2 Å². The predicted molar refractivity (Wildman–Crippen MR) is 92.8 cm³/mol. The number of likely N-dealkylation sites (N-methyl/N-ethyl adjacent to an activating group) is 1. The van der Waals surface area contributed by atoms with Crippen molar-refractivity contribution >= 4 is 17.4 Å². The molecule has 0 aliphatic carbocycles. The summed E-state index contributed by atoms with van der Waals surface area (Å²) in [4.78, 5) is 20.5. The molecule has 2 aromatic rings. The third-order valence-electron chi connectivity index (χ3n) is 4.11. The summed E-state index contributed by atoms with van der Waals surface area (Å²) in [6, 6.07) is 7.88. The Labute approximate surface area is 141 Å². The van der Waals surface area contributed by atoms with Gasteiger partial charge in [0.1, 0.15) is 0 Å². The van der Waals surface area contributed by atoms with Crippen molar-refractivity contribution in [1.82, 2.24) is 20.1 Å². The van der Waals surface area contributed by atoms with E-state index in [1.807, 2.05) is 30.1 Å². The van der Waals surface area contributed by atoms with Crippen molar-refractivity contribution in [1.29, 1.82) is 0 Å². The fourth-order valence-electron chi connectivity index (χ4n) is 3.08. The Bertz CT molecular complexity index is 651. The van der Waals surface area contributed by atoms with Crippen molar-refractivity contribution in [3.8, 4) is 0 Å². The van der Waals surface area contributed by atoms with Gasteiger partial charge in [-0.15, -0.1) is 5.10 Å². The first-order valence-electron chi connectivity index (χ1n) is 8.15. The van der Waals surface area contributed by atoms with Crippen LogP contribution in [0.1, 0.15) is 12.8 Å². The Morgan fingerprint density at radius 3 is 3.00 bits per heavy atom. The number of amides is 1. The molecule has 24 heavy (non-hydrogen) atoms. The molecule has 1 fully saturated rings. The summed E-state index contributed by atoms with van der Waals surface area (Å²) in [7, 11) is 1.97. The summed E-state index contributed by atoms with van der Waals surface area (Å²) in [5, 5.41) is 11.0. The number of hydrogen-bond acceptors (Lipinski definition) is 6. The molecular weight excluding hydrogens is 304 g/mol. The number of nitrogens with one attached hydrogen (secondary N) is 1. The maximum atomic E-state index is 12.1. The molecule has 3 heterocycles. The molecule has 1 atom stereocenters. The lowest BCUT2D eigenvalue weighted by atomic mass is 10.2. The van der Waals surface area contributed by atoms with Gasteiger partial charge < -0.3 is 10.2 Å². The van der Waals surface area contributed by atoms with Crippen molar-refractivity contribution in [2.45, 2.75) is 18.9 Å². The van der Waals surface area contributed by atoms with Gasteiger partial charge in [-0.1, -0.05) is 0 Å². The molecule has 7 nitrogen and oxygen atoms in total. The third kappa shape index (κ3) is 4.26. The second kappa shape index (κ2) is 7.83. The Hall–Kier alpha value is -2.54. The highest BCUT2D eigenvalue weighted by Gasteiger charge is 2.27. The first-order chi connectivity index (χ1) is 11.7. The fraction of sp³-hybridized carbons (Fsp3) is 0.412. The highest BCUT2D eigenvalue weighted by atomic mass is 16.2. The Kier molecular flexibility index (Phi) is 5.32. The van der Waals surface area contributed by atoms with Crippen LogP contribution < -0.4 is 10.2 Å². The molecule has 126 valence electrons. The highest BCUT2D eigenvalue weighted by molar-refractivity contribution is 5.92. The first kappa shape index (κ1) is 16.3. The summed E-state index contributed by atoms with van der Waals surface area (Å²) < 4.78 is 0. The molecule has 1 saturated heterocycles. The lowest BCUT2D eigenvalue weighted by Crippen LogP contribution is -2.42. The molecule has 0 saturated carbocycles. The normalized spacial score (nSPS) is 17.2. The van der Waals surface area contributed by atoms with Gasteiger partial charge in [0.15, 0.2) is 5.82 Å². The van der Waals surface area contributed by atoms with E-state index in [0.29, 0.717) is 12.6 Å². The second-order valence-electron chi connectivity index (χ2n) is 6.06. The summed E-state index contributed by atoms with van der Waals surface area (Å²) in [6.07, 6.45) is 7.25. The third-order valence-corrected chi connectivity index (χ3v) is 4.11. The van der Waals surface area contributed by atoms with E-state index >= 15 is 0 Å². The number of anilines is 2. The van der Waals surface area contributed by atoms with Crippen LogP contribution in [-0.4, -0.2) is 58.7 Å². The number of carbonyl (C=O) groups excluding carboxylic acids is 1. The summed E-state index contributed by atoms with van der Waals surface area (Å²) in [5.74, 6) is 0.878. The zero-order chi connectivity index (χ0) is 16.8. The highest BCUT2D eigenvalue weighted by Crippen LogP contribution is 2.23. The molecule has 0 spiro atoms. The Morgan fingerprint density at radius 2 is 2.25 bits per heavy atom. The van der Waals surface area contributed by atoms with Crippen LogP contribution in [-0.2, 0) is 4.79 Å². The minimum atomic E-state index is -0.0328. The quantitative estimate of drug-likeness (QED) is 0.865. The Morgan fingerprint density at radius 1 is 1.38 bits per heavy atom. The maximum absolute atomic E-state index is 12.1. The lowest BCUT2D eigenvalue weighted by Gasteiger charge is -2.28. The fourth-order valence-corrected chi connectivity index (χ4v) is 3.08. The Balaban J connectivity index is 1.52. The van der Waals surface area contributed by atoms with Gasteiger partial charge in [0, 0.05) is 31.5 Å². The van der Waals surface area contributed by atoms with Gasteiger partial charge in [-0.3, -0.25) is 14.7 Å². The number of hydrogen-bond donors (Lipinski definition) is 1. The second-order valence-corrected chi connectivity index (χ2v) is 6.06. The number of aromatic nitrogens is 3. The van der Waals surface area contributed by atoms with Crippen LogP contribution in [0.2, 0.25) is 0 Å². The molecule has 0 unspecified atom stereocenters. The number of rotatable bonds is 6. The lowest BCUT2D eigenvalue weighted by molar-refractivity contribution is -0.117. The number of nitrogens with zero attached hydrogens (tertiary/aromatic N) is 5. The molecule has 0 aromatic carbocycles. The van der Waals surface area contributed by atoms with Crippen molar-refractivity contribution in [2.75, 3.05) is 36.9 Å². The molecule has 1 N–H and O–H groups in total. The van der Waals surface area contributed by atoms with E-state index < -0.39 is 0 Å². The van der Waals surface area contributed by atoms with Gasteiger partial charge >= 0.3 is 0 Å². The molecule has 0 radical (unpaired) electrons. The first-order valence-corrected chi connectivity index (χ1v) is 8.15. The average molecular weight is 326 g/mol. The number of carbonyl (C=O) groups is 1. The summed E-state index contributed by atoms with van der Waals surface area (Å²) in [6.45, 7) is 2.15. The van der Waals surface area contributed by atoms with Crippen LogP contribution in [0.15, 0.2) is 42.9 Å². The molecule has 1 amide bonds. The minimum Gasteiger partial charge on any atom is -0.351 e. The molecule has 2 aromatic heterocycles. The van der Waals surface area contributed by atoms with E-state index in [9.17, 15) is 4.79 Å². The molecule has 0 bridgehead atoms. The monoisotopic (exact) mass is 326 g/mol. The van der Waals surface area contributed by atoms with E-state index in [2.05, 4.69) is 25.4 Å².